The van der Waals surface area contributed by atoms with E-state index in [-0.39, 0.29) is 0 Å². The van der Waals surface area contributed by atoms with Crippen molar-refractivity contribution in [1.29, 1.82) is 0 Å². The smallest absolute Gasteiger partial charge is 0.0653 e. The molecular formula is C16H19NO. The Morgan fingerprint density at radius 3 is 3.00 bits per heavy atom. The summed E-state index contributed by atoms with van der Waals surface area (Å²) in [7, 11) is 0. The highest BCUT2D eigenvalue weighted by Gasteiger charge is 2.12. The zero-order chi connectivity index (χ0) is 12.4. The van der Waals surface area contributed by atoms with Crippen LogP contribution in [0.25, 0.3) is 17.7 Å². The van der Waals surface area contributed by atoms with Gasteiger partial charge >= 0.3 is 0 Å². The van der Waals surface area contributed by atoms with Gasteiger partial charge in [-0.1, -0.05) is 30.4 Å². The van der Waals surface area contributed by atoms with Crippen LogP contribution in [-0.2, 0) is 4.74 Å². The lowest BCUT2D eigenvalue weighted by Crippen LogP contribution is -2.25. The monoisotopic (exact) mass is 241 g/mol. The summed E-state index contributed by atoms with van der Waals surface area (Å²) in [6.07, 6.45) is 14.4. The fourth-order valence-electron chi connectivity index (χ4n) is 2.75. The molecule has 1 aliphatic heterocycles. The molecule has 94 valence electrons. The van der Waals surface area contributed by atoms with Crippen LogP contribution >= 0.6 is 0 Å². The van der Waals surface area contributed by atoms with Crippen molar-refractivity contribution < 1.29 is 4.74 Å². The van der Waals surface area contributed by atoms with E-state index < -0.39 is 0 Å². The third-order valence-electron chi connectivity index (χ3n) is 3.62. The summed E-state index contributed by atoms with van der Waals surface area (Å²) in [6, 6.07) is 0. The van der Waals surface area contributed by atoms with Crippen LogP contribution in [0.3, 0.4) is 0 Å². The van der Waals surface area contributed by atoms with Crippen molar-refractivity contribution >= 4 is 17.7 Å². The van der Waals surface area contributed by atoms with Crippen LogP contribution in [0.1, 0.15) is 30.5 Å². The van der Waals surface area contributed by atoms with E-state index in [1.165, 1.54) is 27.4 Å². The van der Waals surface area contributed by atoms with E-state index in [2.05, 4.69) is 42.3 Å². The second kappa shape index (κ2) is 4.99. The van der Waals surface area contributed by atoms with Crippen LogP contribution in [0.15, 0.2) is 18.2 Å². The first-order valence-electron chi connectivity index (χ1n) is 6.69. The molecule has 0 unspecified atom stereocenters. The van der Waals surface area contributed by atoms with E-state index in [0.717, 1.165) is 32.5 Å². The minimum absolute atomic E-state index is 0.744. The van der Waals surface area contributed by atoms with E-state index in [1.807, 2.05) is 0 Å². The molecule has 1 aliphatic carbocycles. The zero-order valence-corrected chi connectivity index (χ0v) is 10.8. The van der Waals surface area contributed by atoms with Gasteiger partial charge in [0.05, 0.1) is 13.2 Å². The van der Waals surface area contributed by atoms with Gasteiger partial charge in [-0.25, -0.2) is 0 Å². The molecule has 0 bridgehead atoms. The number of H-pyrrole nitrogens is 1. The Hall–Kier alpha value is -1.54. The first kappa shape index (κ1) is 11.5. The highest BCUT2D eigenvalue weighted by atomic mass is 16.5. The molecule has 1 aromatic rings. The predicted molar refractivity (Wildman–Crippen MR) is 75.5 cm³/mol. The van der Waals surface area contributed by atoms with Gasteiger partial charge in [-0.15, -0.1) is 0 Å². The summed E-state index contributed by atoms with van der Waals surface area (Å²) in [4.78, 5) is 3.53. The second-order valence-corrected chi connectivity index (χ2v) is 4.88. The molecule has 2 heteroatoms. The van der Waals surface area contributed by atoms with E-state index in [0.29, 0.717) is 0 Å². The third-order valence-corrected chi connectivity index (χ3v) is 3.62. The minimum Gasteiger partial charge on any atom is -0.377 e. The van der Waals surface area contributed by atoms with E-state index >= 15 is 0 Å². The standard InChI is InChI=1S/C16H19NO/c1-12-16(13-8-10-18-11-9-13)14-6-4-2-3-5-7-15(14)17-12/h2,4,6-8,17H,3,5,9-11H2,1H3. The maximum atomic E-state index is 5.41. The van der Waals surface area contributed by atoms with Gasteiger partial charge in [0.15, 0.2) is 0 Å². The van der Waals surface area contributed by atoms with Gasteiger partial charge < -0.3 is 9.72 Å². The topological polar surface area (TPSA) is 25.0 Å². The number of allylic oxidation sites excluding steroid dienone is 2. The Bertz CT molecular complexity index is 616. The van der Waals surface area contributed by atoms with Gasteiger partial charge in [0, 0.05) is 21.8 Å². The van der Waals surface area contributed by atoms with Crippen LogP contribution < -0.4 is 10.6 Å². The molecule has 0 saturated carbocycles. The van der Waals surface area contributed by atoms with Crippen molar-refractivity contribution in [3.05, 3.63) is 40.1 Å². The molecule has 3 rings (SSSR count). The Labute approximate surface area is 107 Å². The molecule has 1 N–H and O–H groups in total. The van der Waals surface area contributed by atoms with Gasteiger partial charge in [-0.05, 0) is 31.8 Å². The molecule has 0 fully saturated rings. The summed E-state index contributed by atoms with van der Waals surface area (Å²) >= 11 is 0. The largest absolute Gasteiger partial charge is 0.377 e. The van der Waals surface area contributed by atoms with E-state index in [4.69, 9.17) is 4.74 Å². The van der Waals surface area contributed by atoms with E-state index in [1.54, 1.807) is 0 Å². The normalized spacial score (nSPS) is 19.1. The van der Waals surface area contributed by atoms with Crippen LogP contribution in [0.2, 0.25) is 0 Å². The average Bonchev–Trinajstić information content (AvgIpc) is 2.66. The summed E-state index contributed by atoms with van der Waals surface area (Å²) in [6.45, 7) is 3.75. The highest BCUT2D eigenvalue weighted by molar-refractivity contribution is 5.70. The molecule has 1 aromatic heterocycles. The SMILES string of the molecule is Cc1[nH]c2c(c1C1=CCOCC1)=CC=CCCC=2. The average molecular weight is 241 g/mol. The molecule has 18 heavy (non-hydrogen) atoms. The van der Waals surface area contributed by atoms with Crippen molar-refractivity contribution in [2.75, 3.05) is 13.2 Å². The van der Waals surface area contributed by atoms with Crippen molar-refractivity contribution in [3.8, 4) is 0 Å². The second-order valence-electron chi connectivity index (χ2n) is 4.88. The number of aromatic nitrogens is 1. The molecule has 0 spiro atoms. The predicted octanol–water partition coefficient (Wildman–Crippen LogP) is 2.04. The first-order valence-corrected chi connectivity index (χ1v) is 6.69. The maximum absolute atomic E-state index is 5.41. The lowest BCUT2D eigenvalue weighted by molar-refractivity contribution is 0.161. The fraction of sp³-hybridized carbons (Fsp3) is 0.375. The van der Waals surface area contributed by atoms with Crippen LogP contribution in [0.5, 0.6) is 0 Å². The highest BCUT2D eigenvalue weighted by Crippen LogP contribution is 2.20. The van der Waals surface area contributed by atoms with E-state index in [9.17, 15) is 0 Å². The van der Waals surface area contributed by atoms with Crippen LogP contribution in [-0.4, -0.2) is 18.2 Å². The summed E-state index contributed by atoms with van der Waals surface area (Å²) in [5.41, 5.74) is 4.09. The number of ether oxygens (including phenoxy) is 1. The first-order chi connectivity index (χ1) is 8.86. The Kier molecular flexibility index (Phi) is 3.20. The fourth-order valence-corrected chi connectivity index (χ4v) is 2.75. The summed E-state index contributed by atoms with van der Waals surface area (Å²) in [5.74, 6) is 0. The number of hydrogen-bond donors (Lipinski definition) is 1. The molecule has 0 atom stereocenters. The summed E-state index contributed by atoms with van der Waals surface area (Å²) < 4.78 is 5.41. The van der Waals surface area contributed by atoms with Crippen molar-refractivity contribution in [2.45, 2.75) is 26.2 Å². The molecule has 2 aliphatic rings. The number of aryl methyl sites for hydroxylation is 1. The van der Waals surface area contributed by atoms with Crippen molar-refractivity contribution in [1.82, 2.24) is 4.98 Å². The van der Waals surface area contributed by atoms with Gasteiger partial charge in [0.2, 0.25) is 0 Å². The minimum atomic E-state index is 0.744. The molecule has 0 aromatic carbocycles. The molecular weight excluding hydrogens is 222 g/mol. The molecule has 0 amide bonds. The quantitative estimate of drug-likeness (QED) is 0.799. The Balaban J connectivity index is 2.22. The number of rotatable bonds is 1. The van der Waals surface area contributed by atoms with Gasteiger partial charge in [0.1, 0.15) is 0 Å². The van der Waals surface area contributed by atoms with Crippen LogP contribution in [0, 0.1) is 6.92 Å². The lowest BCUT2D eigenvalue weighted by Gasteiger charge is -2.13. The Morgan fingerprint density at radius 2 is 2.17 bits per heavy atom. The van der Waals surface area contributed by atoms with Crippen LogP contribution in [0.4, 0.5) is 0 Å². The van der Waals surface area contributed by atoms with Crippen molar-refractivity contribution in [2.24, 2.45) is 0 Å². The number of nitrogens with one attached hydrogen (secondary N) is 1. The van der Waals surface area contributed by atoms with Gasteiger partial charge in [-0.2, -0.15) is 0 Å². The summed E-state index contributed by atoms with van der Waals surface area (Å²) in [5, 5.41) is 2.62. The molecule has 0 radical (unpaired) electrons. The number of hydrogen-bond acceptors (Lipinski definition) is 1. The maximum Gasteiger partial charge on any atom is 0.0653 e. The zero-order valence-electron chi connectivity index (χ0n) is 10.8. The number of fused-ring (bicyclic) bond motifs is 1. The molecule has 0 saturated heterocycles. The lowest BCUT2D eigenvalue weighted by atomic mass is 9.99. The number of aromatic amines is 1. The van der Waals surface area contributed by atoms with Gasteiger partial charge in [0.25, 0.3) is 0 Å². The van der Waals surface area contributed by atoms with Gasteiger partial charge in [-0.3, -0.25) is 0 Å². The Morgan fingerprint density at radius 1 is 1.22 bits per heavy atom. The van der Waals surface area contributed by atoms with Crippen molar-refractivity contribution in [3.63, 3.8) is 0 Å². The molecule has 2 heterocycles. The molecule has 2 nitrogen and oxygen atoms in total. The third kappa shape index (κ3) is 2.08.